The highest BCUT2D eigenvalue weighted by molar-refractivity contribution is 7.89. The highest BCUT2D eigenvalue weighted by atomic mass is 32.2. The Morgan fingerprint density at radius 1 is 1.37 bits per heavy atom. The fraction of sp³-hybridized carbons (Fsp3) is 0.273. The molecule has 1 rings (SSSR count). The van der Waals surface area contributed by atoms with Crippen molar-refractivity contribution in [1.29, 1.82) is 0 Å². The molecule has 19 heavy (non-hydrogen) atoms. The Labute approximate surface area is 110 Å². The van der Waals surface area contributed by atoms with Gasteiger partial charge in [0.15, 0.2) is 0 Å². The van der Waals surface area contributed by atoms with Gasteiger partial charge in [0.2, 0.25) is 15.9 Å². The number of primary amides is 1. The molecule has 104 valence electrons. The Kier molecular flexibility index (Phi) is 4.28. The van der Waals surface area contributed by atoms with Crippen LogP contribution in [0.1, 0.15) is 22.8 Å². The molecule has 0 saturated carbocycles. The second kappa shape index (κ2) is 5.37. The van der Waals surface area contributed by atoms with E-state index in [2.05, 4.69) is 4.72 Å². The molecule has 0 aliphatic heterocycles. The summed E-state index contributed by atoms with van der Waals surface area (Å²) in [5.74, 6) is -2.06. The monoisotopic (exact) mass is 286 g/mol. The highest BCUT2D eigenvalue weighted by Crippen LogP contribution is 2.17. The van der Waals surface area contributed by atoms with Gasteiger partial charge in [0, 0.05) is 0 Å². The van der Waals surface area contributed by atoms with Crippen LogP contribution in [0.2, 0.25) is 0 Å². The molecule has 1 aromatic carbocycles. The number of carboxylic acids is 1. The van der Waals surface area contributed by atoms with E-state index in [1.54, 1.807) is 0 Å². The molecule has 8 heteroatoms. The lowest BCUT2D eigenvalue weighted by molar-refractivity contribution is -0.119. The summed E-state index contributed by atoms with van der Waals surface area (Å²) in [5.41, 5.74) is 5.19. The summed E-state index contributed by atoms with van der Waals surface area (Å²) in [6.07, 6.45) is 0. The minimum absolute atomic E-state index is 0.155. The number of carbonyl (C=O) groups is 2. The van der Waals surface area contributed by atoms with Crippen LogP contribution in [0.3, 0.4) is 0 Å². The summed E-state index contributed by atoms with van der Waals surface area (Å²) in [7, 11) is -4.01. The lowest BCUT2D eigenvalue weighted by Crippen LogP contribution is -2.42. The third-order valence-electron chi connectivity index (χ3n) is 2.48. The van der Waals surface area contributed by atoms with Crippen LogP contribution in [0.15, 0.2) is 23.1 Å². The fourth-order valence-electron chi connectivity index (χ4n) is 1.38. The van der Waals surface area contributed by atoms with Gasteiger partial charge in [0.25, 0.3) is 0 Å². The van der Waals surface area contributed by atoms with Crippen LogP contribution >= 0.6 is 0 Å². The summed E-state index contributed by atoms with van der Waals surface area (Å²) in [5, 5.41) is 8.85. The van der Waals surface area contributed by atoms with Crippen LogP contribution in [0, 0.1) is 6.92 Å². The maximum absolute atomic E-state index is 12.0. The summed E-state index contributed by atoms with van der Waals surface area (Å²) < 4.78 is 26.1. The topological polar surface area (TPSA) is 127 Å². The van der Waals surface area contributed by atoms with Gasteiger partial charge < -0.3 is 10.8 Å². The van der Waals surface area contributed by atoms with Gasteiger partial charge in [0.05, 0.1) is 16.5 Å². The lowest BCUT2D eigenvalue weighted by atomic mass is 10.1. The van der Waals surface area contributed by atoms with E-state index in [0.29, 0.717) is 5.56 Å². The smallest absolute Gasteiger partial charge is 0.335 e. The average Bonchev–Trinajstić information content (AvgIpc) is 2.28. The molecule has 0 aliphatic carbocycles. The molecule has 0 spiro atoms. The van der Waals surface area contributed by atoms with Crippen LogP contribution in [0.5, 0.6) is 0 Å². The molecule has 4 N–H and O–H groups in total. The van der Waals surface area contributed by atoms with Crippen LogP contribution < -0.4 is 10.5 Å². The van der Waals surface area contributed by atoms with Crippen molar-refractivity contribution in [3.63, 3.8) is 0 Å². The molecular weight excluding hydrogens is 272 g/mol. The van der Waals surface area contributed by atoms with E-state index in [-0.39, 0.29) is 10.5 Å². The molecule has 1 aromatic rings. The van der Waals surface area contributed by atoms with Gasteiger partial charge in [-0.1, -0.05) is 6.07 Å². The van der Waals surface area contributed by atoms with Crippen LogP contribution in [0.4, 0.5) is 0 Å². The number of benzene rings is 1. The molecule has 0 bridgehead atoms. The highest BCUT2D eigenvalue weighted by Gasteiger charge is 2.23. The number of aryl methyl sites for hydroxylation is 1. The Morgan fingerprint density at radius 2 is 1.95 bits per heavy atom. The van der Waals surface area contributed by atoms with E-state index in [1.165, 1.54) is 26.0 Å². The zero-order chi connectivity index (χ0) is 14.8. The molecule has 0 aliphatic rings. The molecule has 0 heterocycles. The van der Waals surface area contributed by atoms with Crippen LogP contribution in [-0.4, -0.2) is 31.4 Å². The van der Waals surface area contributed by atoms with Crippen molar-refractivity contribution in [2.75, 3.05) is 0 Å². The molecule has 1 atom stereocenters. The van der Waals surface area contributed by atoms with Crippen molar-refractivity contribution in [3.8, 4) is 0 Å². The quantitative estimate of drug-likeness (QED) is 0.693. The summed E-state index contributed by atoms with van der Waals surface area (Å²) in [4.78, 5) is 21.5. The standard InChI is InChI=1S/C11H14N2O5S/c1-6-3-4-8(11(15)16)5-9(6)19(17,18)13-7(2)10(12)14/h3-5,7,13H,1-2H3,(H2,12,14)(H,15,16). The van der Waals surface area contributed by atoms with Crippen molar-refractivity contribution < 1.29 is 23.1 Å². The van der Waals surface area contributed by atoms with Crippen molar-refractivity contribution in [2.24, 2.45) is 5.73 Å². The third kappa shape index (κ3) is 3.52. The van der Waals surface area contributed by atoms with E-state index in [4.69, 9.17) is 10.8 Å². The Morgan fingerprint density at radius 3 is 2.42 bits per heavy atom. The normalized spacial score (nSPS) is 12.9. The SMILES string of the molecule is Cc1ccc(C(=O)O)cc1S(=O)(=O)NC(C)C(N)=O. The number of hydrogen-bond donors (Lipinski definition) is 3. The predicted molar refractivity (Wildman–Crippen MR) is 67.1 cm³/mol. The van der Waals surface area contributed by atoms with Crippen LogP contribution in [-0.2, 0) is 14.8 Å². The van der Waals surface area contributed by atoms with Crippen LogP contribution in [0.25, 0.3) is 0 Å². The average molecular weight is 286 g/mol. The number of rotatable bonds is 5. The van der Waals surface area contributed by atoms with Crippen molar-refractivity contribution in [1.82, 2.24) is 4.72 Å². The number of aromatic carboxylic acids is 1. The Bertz CT molecular complexity index is 624. The molecule has 0 saturated heterocycles. The van der Waals surface area contributed by atoms with E-state index in [9.17, 15) is 18.0 Å². The van der Waals surface area contributed by atoms with E-state index >= 15 is 0 Å². The van der Waals surface area contributed by atoms with Gasteiger partial charge in [-0.05, 0) is 31.5 Å². The molecule has 0 radical (unpaired) electrons. The zero-order valence-corrected chi connectivity index (χ0v) is 11.2. The van der Waals surface area contributed by atoms with Gasteiger partial charge in [0.1, 0.15) is 0 Å². The third-order valence-corrected chi connectivity index (χ3v) is 4.17. The molecule has 1 unspecified atom stereocenters. The maximum Gasteiger partial charge on any atom is 0.335 e. The van der Waals surface area contributed by atoms with Gasteiger partial charge in [-0.25, -0.2) is 13.2 Å². The first-order chi connectivity index (χ1) is 8.65. The zero-order valence-electron chi connectivity index (χ0n) is 10.4. The second-order valence-corrected chi connectivity index (χ2v) is 5.71. The number of amides is 1. The minimum atomic E-state index is -4.01. The molecule has 0 fully saturated rings. The Hall–Kier alpha value is -1.93. The first-order valence-corrected chi connectivity index (χ1v) is 6.79. The van der Waals surface area contributed by atoms with Gasteiger partial charge in [-0.15, -0.1) is 0 Å². The number of sulfonamides is 1. The number of carbonyl (C=O) groups excluding carboxylic acids is 1. The van der Waals surface area contributed by atoms with Gasteiger partial charge in [-0.3, -0.25) is 4.79 Å². The number of nitrogens with two attached hydrogens (primary N) is 1. The van der Waals surface area contributed by atoms with Crippen molar-refractivity contribution in [2.45, 2.75) is 24.8 Å². The maximum atomic E-state index is 12.0. The molecule has 7 nitrogen and oxygen atoms in total. The largest absolute Gasteiger partial charge is 0.478 e. The summed E-state index contributed by atoms with van der Waals surface area (Å²) >= 11 is 0. The first kappa shape index (κ1) is 15.1. The molecule has 1 amide bonds. The predicted octanol–water partition coefficient (Wildman–Crippen LogP) is -0.155. The number of carboxylic acid groups (broad SMARTS) is 1. The molecule has 0 aromatic heterocycles. The van der Waals surface area contributed by atoms with E-state index < -0.39 is 27.9 Å². The first-order valence-electron chi connectivity index (χ1n) is 5.30. The fourth-order valence-corrected chi connectivity index (χ4v) is 2.86. The van der Waals surface area contributed by atoms with Gasteiger partial charge in [-0.2, -0.15) is 4.72 Å². The van der Waals surface area contributed by atoms with E-state index in [0.717, 1.165) is 6.07 Å². The molecular formula is C11H14N2O5S. The second-order valence-electron chi connectivity index (χ2n) is 4.03. The lowest BCUT2D eigenvalue weighted by Gasteiger charge is -2.13. The van der Waals surface area contributed by atoms with Crippen molar-refractivity contribution in [3.05, 3.63) is 29.3 Å². The number of hydrogen-bond acceptors (Lipinski definition) is 4. The van der Waals surface area contributed by atoms with Crippen molar-refractivity contribution >= 4 is 21.9 Å². The van der Waals surface area contributed by atoms with E-state index in [1.807, 2.05) is 0 Å². The Balaban J connectivity index is 3.24. The summed E-state index contributed by atoms with van der Waals surface area (Å²) in [6.45, 7) is 2.82. The minimum Gasteiger partial charge on any atom is -0.478 e. The van der Waals surface area contributed by atoms with Gasteiger partial charge >= 0.3 is 5.97 Å². The summed E-state index contributed by atoms with van der Waals surface area (Å²) in [6, 6.07) is 2.63. The number of nitrogens with one attached hydrogen (secondary N) is 1.